The molecule has 0 spiro atoms. The summed E-state index contributed by atoms with van der Waals surface area (Å²) in [5.41, 5.74) is -0.199. The summed E-state index contributed by atoms with van der Waals surface area (Å²) in [7, 11) is 0. The second kappa shape index (κ2) is 6.49. The van der Waals surface area contributed by atoms with Crippen LogP contribution in [0.2, 0.25) is 0 Å². The number of aromatic nitrogens is 1. The highest BCUT2D eigenvalue weighted by molar-refractivity contribution is 7.14. The van der Waals surface area contributed by atoms with Gasteiger partial charge in [0.25, 0.3) is 0 Å². The van der Waals surface area contributed by atoms with Crippen LogP contribution in [0.5, 0.6) is 5.75 Å². The van der Waals surface area contributed by atoms with E-state index in [9.17, 15) is 4.79 Å². The molecule has 0 radical (unpaired) electrons. The number of ether oxygens (including phenoxy) is 1. The lowest BCUT2D eigenvalue weighted by atomic mass is 9.93. The van der Waals surface area contributed by atoms with Gasteiger partial charge in [0, 0.05) is 11.5 Å². The summed E-state index contributed by atoms with van der Waals surface area (Å²) in [5.74, 6) is 1.58. The smallest absolute Gasteiger partial charge is 0.410 e. The fourth-order valence-corrected chi connectivity index (χ4v) is 2.78. The molecule has 2 heterocycles. The molecule has 3 rings (SSSR count). The van der Waals surface area contributed by atoms with Crippen molar-refractivity contribution in [2.24, 2.45) is 0 Å². The van der Waals surface area contributed by atoms with E-state index in [4.69, 9.17) is 9.26 Å². The Labute approximate surface area is 144 Å². The zero-order chi connectivity index (χ0) is 17.2. The Kier molecular flexibility index (Phi) is 4.40. The van der Waals surface area contributed by atoms with E-state index in [0.29, 0.717) is 22.3 Å². The molecule has 1 aromatic carbocycles. The molecule has 0 atom stereocenters. The van der Waals surface area contributed by atoms with Crippen LogP contribution in [0.1, 0.15) is 26.5 Å². The first kappa shape index (κ1) is 16.3. The number of para-hydroxylation sites is 1. The third-order valence-electron chi connectivity index (χ3n) is 3.32. The standard InChI is InChI=1S/C18H18N2O3S/c1-18(2,3)14-12-15(19-23-14)20(16-10-7-11-24-16)17(21)22-13-8-5-4-6-9-13/h4-12H,1-3H3. The number of benzene rings is 1. The van der Waals surface area contributed by atoms with Crippen LogP contribution in [0.4, 0.5) is 15.6 Å². The van der Waals surface area contributed by atoms with Crippen LogP contribution in [0, 0.1) is 0 Å². The quantitative estimate of drug-likeness (QED) is 0.642. The monoisotopic (exact) mass is 342 g/mol. The number of hydrogen-bond acceptors (Lipinski definition) is 5. The van der Waals surface area contributed by atoms with Crippen molar-refractivity contribution in [3.63, 3.8) is 0 Å². The number of thiophene rings is 1. The van der Waals surface area contributed by atoms with Gasteiger partial charge in [0.05, 0.1) is 0 Å². The summed E-state index contributed by atoms with van der Waals surface area (Å²) in [5, 5.41) is 6.66. The highest BCUT2D eigenvalue weighted by atomic mass is 32.1. The Bertz CT molecular complexity index is 804. The summed E-state index contributed by atoms with van der Waals surface area (Å²) in [6.45, 7) is 6.07. The average molecular weight is 342 g/mol. The van der Waals surface area contributed by atoms with Gasteiger partial charge in [0.2, 0.25) is 0 Å². The van der Waals surface area contributed by atoms with Crippen LogP contribution in [0.3, 0.4) is 0 Å². The highest BCUT2D eigenvalue weighted by Crippen LogP contribution is 2.33. The number of hydrogen-bond donors (Lipinski definition) is 0. The summed E-state index contributed by atoms with van der Waals surface area (Å²) in [6, 6.07) is 14.4. The molecule has 124 valence electrons. The summed E-state index contributed by atoms with van der Waals surface area (Å²) < 4.78 is 10.9. The molecular formula is C18H18N2O3S. The van der Waals surface area contributed by atoms with E-state index >= 15 is 0 Å². The fourth-order valence-electron chi connectivity index (χ4n) is 2.05. The van der Waals surface area contributed by atoms with E-state index in [1.54, 1.807) is 18.2 Å². The van der Waals surface area contributed by atoms with Crippen molar-refractivity contribution in [3.05, 3.63) is 59.7 Å². The largest absolute Gasteiger partial charge is 0.426 e. The molecular weight excluding hydrogens is 324 g/mol. The van der Waals surface area contributed by atoms with Crippen molar-refractivity contribution in [3.8, 4) is 5.75 Å². The summed E-state index contributed by atoms with van der Waals surface area (Å²) in [6.07, 6.45) is -0.530. The third-order valence-corrected chi connectivity index (χ3v) is 4.18. The van der Waals surface area contributed by atoms with Gasteiger partial charge in [-0.15, -0.1) is 11.3 Å². The Balaban J connectivity index is 1.93. The average Bonchev–Trinajstić information content (AvgIpc) is 3.20. The predicted octanol–water partition coefficient (Wildman–Crippen LogP) is 5.37. The van der Waals surface area contributed by atoms with E-state index in [0.717, 1.165) is 0 Å². The van der Waals surface area contributed by atoms with Crippen LogP contribution < -0.4 is 9.64 Å². The van der Waals surface area contributed by atoms with Crippen molar-refractivity contribution in [2.45, 2.75) is 26.2 Å². The lowest BCUT2D eigenvalue weighted by molar-refractivity contribution is 0.210. The van der Waals surface area contributed by atoms with Crippen molar-refractivity contribution >= 4 is 28.2 Å². The lowest BCUT2D eigenvalue weighted by Gasteiger charge is -2.17. The number of amides is 1. The van der Waals surface area contributed by atoms with Crippen molar-refractivity contribution in [1.82, 2.24) is 5.16 Å². The second-order valence-electron chi connectivity index (χ2n) is 6.27. The fraction of sp³-hybridized carbons (Fsp3) is 0.222. The van der Waals surface area contributed by atoms with Crippen LogP contribution in [0.25, 0.3) is 0 Å². The van der Waals surface area contributed by atoms with E-state index in [2.05, 4.69) is 5.16 Å². The van der Waals surface area contributed by atoms with Gasteiger partial charge >= 0.3 is 6.09 Å². The minimum Gasteiger partial charge on any atom is -0.410 e. The Morgan fingerprint density at radius 2 is 1.92 bits per heavy atom. The number of nitrogens with zero attached hydrogens (tertiary/aromatic N) is 2. The normalized spacial score (nSPS) is 11.3. The Morgan fingerprint density at radius 3 is 2.50 bits per heavy atom. The molecule has 5 nitrogen and oxygen atoms in total. The van der Waals surface area contributed by atoms with Gasteiger partial charge in [-0.25, -0.2) is 9.69 Å². The first-order valence-corrected chi connectivity index (χ1v) is 8.41. The molecule has 0 aliphatic heterocycles. The van der Waals surface area contributed by atoms with Gasteiger partial charge in [-0.3, -0.25) is 0 Å². The zero-order valence-electron chi connectivity index (χ0n) is 13.7. The summed E-state index contributed by atoms with van der Waals surface area (Å²) >= 11 is 1.42. The molecule has 0 aliphatic carbocycles. The third kappa shape index (κ3) is 3.49. The van der Waals surface area contributed by atoms with Gasteiger partial charge in [0.15, 0.2) is 5.82 Å². The molecule has 0 saturated carbocycles. The van der Waals surface area contributed by atoms with Gasteiger partial charge in [-0.2, -0.15) is 0 Å². The molecule has 1 amide bonds. The van der Waals surface area contributed by atoms with Crippen molar-refractivity contribution < 1.29 is 14.1 Å². The highest BCUT2D eigenvalue weighted by Gasteiger charge is 2.27. The number of carbonyl (C=O) groups excluding carboxylic acids is 1. The van der Waals surface area contributed by atoms with Gasteiger partial charge < -0.3 is 9.26 Å². The molecule has 0 aliphatic rings. The Morgan fingerprint density at radius 1 is 1.17 bits per heavy atom. The lowest BCUT2D eigenvalue weighted by Crippen LogP contribution is -2.28. The topological polar surface area (TPSA) is 55.6 Å². The van der Waals surface area contributed by atoms with Crippen molar-refractivity contribution in [1.29, 1.82) is 0 Å². The minimum atomic E-state index is -0.530. The van der Waals surface area contributed by atoms with Crippen LogP contribution in [-0.4, -0.2) is 11.2 Å². The second-order valence-corrected chi connectivity index (χ2v) is 7.19. The van der Waals surface area contributed by atoms with Gasteiger partial charge in [0.1, 0.15) is 16.5 Å². The molecule has 0 N–H and O–H groups in total. The van der Waals surface area contributed by atoms with Gasteiger partial charge in [-0.1, -0.05) is 44.1 Å². The van der Waals surface area contributed by atoms with Crippen LogP contribution in [-0.2, 0) is 5.41 Å². The van der Waals surface area contributed by atoms with E-state index in [1.807, 2.05) is 56.5 Å². The molecule has 24 heavy (non-hydrogen) atoms. The first-order valence-electron chi connectivity index (χ1n) is 7.53. The maximum Gasteiger partial charge on any atom is 0.426 e. The molecule has 0 unspecified atom stereocenters. The molecule has 0 fully saturated rings. The molecule has 0 saturated heterocycles. The number of carbonyl (C=O) groups is 1. The molecule has 2 aromatic heterocycles. The number of rotatable bonds is 3. The van der Waals surface area contributed by atoms with Crippen molar-refractivity contribution in [2.75, 3.05) is 4.90 Å². The molecule has 3 aromatic rings. The maximum absolute atomic E-state index is 12.7. The molecule has 6 heteroatoms. The van der Waals surface area contributed by atoms with Crippen LogP contribution >= 0.6 is 11.3 Å². The summed E-state index contributed by atoms with van der Waals surface area (Å²) in [4.78, 5) is 14.1. The molecule has 0 bridgehead atoms. The minimum absolute atomic E-state index is 0.199. The van der Waals surface area contributed by atoms with Gasteiger partial charge in [-0.05, 0) is 29.6 Å². The zero-order valence-corrected chi connectivity index (χ0v) is 14.5. The predicted molar refractivity (Wildman–Crippen MR) is 94.1 cm³/mol. The number of anilines is 2. The maximum atomic E-state index is 12.7. The van der Waals surface area contributed by atoms with Crippen LogP contribution in [0.15, 0.2) is 58.4 Å². The van der Waals surface area contributed by atoms with E-state index in [1.165, 1.54) is 16.2 Å². The SMILES string of the molecule is CC(C)(C)c1cc(N(C(=O)Oc2ccccc2)c2cccs2)no1. The Hall–Kier alpha value is -2.60. The van der Waals surface area contributed by atoms with E-state index in [-0.39, 0.29) is 5.41 Å². The first-order chi connectivity index (χ1) is 11.4. The van der Waals surface area contributed by atoms with E-state index < -0.39 is 6.09 Å².